The molecule has 3 aromatic rings. The van der Waals surface area contributed by atoms with Crippen LogP contribution in [0.25, 0.3) is 22.5 Å². The maximum atomic E-state index is 15.1. The first-order chi connectivity index (χ1) is 16.0. The van der Waals surface area contributed by atoms with Gasteiger partial charge in [-0.3, -0.25) is 4.98 Å². The molecule has 9 heteroatoms. The maximum absolute atomic E-state index is 15.1. The van der Waals surface area contributed by atoms with Crippen LogP contribution in [0.2, 0.25) is 0 Å². The van der Waals surface area contributed by atoms with Crippen LogP contribution in [-0.2, 0) is 0 Å². The highest BCUT2D eigenvalue weighted by molar-refractivity contribution is 5.73. The minimum Gasteiger partial charge on any atom is -0.507 e. The van der Waals surface area contributed by atoms with E-state index in [0.29, 0.717) is 34.4 Å². The summed E-state index contributed by atoms with van der Waals surface area (Å²) < 4.78 is 15.1. The van der Waals surface area contributed by atoms with Crippen molar-refractivity contribution in [1.29, 1.82) is 5.26 Å². The number of benzene rings is 1. The monoisotopic (exact) mass is 445 g/mol. The Morgan fingerprint density at radius 3 is 2.70 bits per heavy atom. The van der Waals surface area contributed by atoms with Crippen LogP contribution in [0, 0.1) is 11.3 Å². The van der Waals surface area contributed by atoms with E-state index in [4.69, 9.17) is 5.26 Å². The predicted octanol–water partition coefficient (Wildman–Crippen LogP) is 3.24. The molecule has 8 nitrogen and oxygen atoms in total. The number of rotatable bonds is 4. The van der Waals surface area contributed by atoms with Crippen LogP contribution in [0.4, 0.5) is 10.2 Å². The largest absolute Gasteiger partial charge is 0.507 e. The van der Waals surface area contributed by atoms with Gasteiger partial charge in [0.2, 0.25) is 0 Å². The van der Waals surface area contributed by atoms with Crippen molar-refractivity contribution < 1.29 is 9.50 Å². The number of aromatic nitrogens is 4. The molecule has 2 aromatic heterocycles. The Labute approximate surface area is 191 Å². The van der Waals surface area contributed by atoms with E-state index in [1.165, 1.54) is 12.4 Å². The molecule has 0 aliphatic carbocycles. The summed E-state index contributed by atoms with van der Waals surface area (Å²) >= 11 is 0. The molecule has 0 radical (unpaired) electrons. The number of hydrogen-bond acceptors (Lipinski definition) is 8. The van der Waals surface area contributed by atoms with Gasteiger partial charge in [0.25, 0.3) is 0 Å². The summed E-state index contributed by atoms with van der Waals surface area (Å²) in [5, 5.41) is 31.5. The smallest absolute Gasteiger partial charge is 0.158 e. The quantitative estimate of drug-likeness (QED) is 0.630. The summed E-state index contributed by atoms with van der Waals surface area (Å²) in [5.74, 6) is 0.638. The molecule has 2 bridgehead atoms. The molecule has 1 aromatic carbocycles. The van der Waals surface area contributed by atoms with Crippen molar-refractivity contribution in [2.24, 2.45) is 0 Å². The summed E-state index contributed by atoms with van der Waals surface area (Å²) in [6.45, 7) is 0. The van der Waals surface area contributed by atoms with Crippen LogP contribution in [0.15, 0.2) is 42.7 Å². The fourth-order valence-corrected chi connectivity index (χ4v) is 4.82. The summed E-state index contributed by atoms with van der Waals surface area (Å²) in [4.78, 5) is 10.1. The molecule has 0 amide bonds. The van der Waals surface area contributed by atoms with Gasteiger partial charge in [0, 0.05) is 30.3 Å². The Morgan fingerprint density at radius 2 is 2.00 bits per heavy atom. The van der Waals surface area contributed by atoms with Crippen molar-refractivity contribution in [1.82, 2.24) is 25.5 Å². The van der Waals surface area contributed by atoms with E-state index in [-0.39, 0.29) is 23.5 Å². The van der Waals surface area contributed by atoms with Gasteiger partial charge in [0.15, 0.2) is 11.5 Å². The van der Waals surface area contributed by atoms with Gasteiger partial charge in [-0.2, -0.15) is 5.26 Å². The number of nitrogens with one attached hydrogen (secondary N) is 1. The first-order valence-electron chi connectivity index (χ1n) is 11.1. The second-order valence-corrected chi connectivity index (χ2v) is 8.67. The van der Waals surface area contributed by atoms with Gasteiger partial charge in [0.1, 0.15) is 18.0 Å². The highest BCUT2D eigenvalue weighted by atomic mass is 19.1. The number of piperidine rings is 2. The molecule has 4 atom stereocenters. The summed E-state index contributed by atoms with van der Waals surface area (Å²) in [7, 11) is 1.87. The fraction of sp³-hybridized carbons (Fsp3) is 0.375. The van der Waals surface area contributed by atoms with Crippen molar-refractivity contribution in [3.05, 3.63) is 48.4 Å². The van der Waals surface area contributed by atoms with Crippen molar-refractivity contribution in [2.75, 3.05) is 11.9 Å². The number of nitrogens with zero attached hydrogens (tertiary/aromatic N) is 6. The van der Waals surface area contributed by atoms with Gasteiger partial charge < -0.3 is 15.3 Å². The van der Waals surface area contributed by atoms with Crippen molar-refractivity contribution in [3.63, 3.8) is 0 Å². The van der Waals surface area contributed by atoms with E-state index >= 15 is 4.39 Å². The second-order valence-electron chi connectivity index (χ2n) is 8.67. The Balaban J connectivity index is 1.34. The summed E-state index contributed by atoms with van der Waals surface area (Å²) in [6.07, 6.45) is 5.71. The molecule has 2 unspecified atom stereocenters. The van der Waals surface area contributed by atoms with Crippen molar-refractivity contribution in [3.8, 4) is 34.3 Å². The normalized spacial score (nSPS) is 24.2. The lowest BCUT2D eigenvalue weighted by atomic mass is 9.82. The highest BCUT2D eigenvalue weighted by Gasteiger charge is 2.41. The van der Waals surface area contributed by atoms with Gasteiger partial charge in [0.05, 0.1) is 29.8 Å². The van der Waals surface area contributed by atoms with Crippen molar-refractivity contribution in [2.45, 2.75) is 50.0 Å². The Hall–Kier alpha value is -3.64. The van der Waals surface area contributed by atoms with E-state index in [2.05, 4.69) is 25.5 Å². The van der Waals surface area contributed by atoms with E-state index in [9.17, 15) is 5.11 Å². The molecule has 2 aliphatic heterocycles. The lowest BCUT2D eigenvalue weighted by Gasteiger charge is -2.46. The third-order valence-electron chi connectivity index (χ3n) is 6.64. The number of halogens is 1. The average Bonchev–Trinajstić information content (AvgIpc) is 2.86. The van der Waals surface area contributed by atoms with Gasteiger partial charge in [-0.25, -0.2) is 9.37 Å². The molecule has 2 N–H and O–H groups in total. The third kappa shape index (κ3) is 4.10. The van der Waals surface area contributed by atoms with Crippen LogP contribution >= 0.6 is 0 Å². The van der Waals surface area contributed by atoms with E-state index < -0.39 is 6.17 Å². The number of aromatic hydroxyl groups is 1. The molecular weight excluding hydrogens is 421 g/mol. The molecular formula is C24H24FN7O. The molecule has 168 valence electrons. The van der Waals surface area contributed by atoms with E-state index in [1.54, 1.807) is 24.3 Å². The zero-order chi connectivity index (χ0) is 22.9. The standard InChI is InChI=1S/C24H24FN7O/c1-32(21-10-15-3-2-4-19(29-15)24(21)25)23-8-7-18(30-31-23)17-6-5-14(9-22(17)33)20-13-27-16(11-26)12-28-20/h5-9,12-13,15,19,21,24,29,33H,2-4,10H2,1H3/t15?,19?,21-,24+/m0/s1. The van der Waals surface area contributed by atoms with Crippen LogP contribution in [0.5, 0.6) is 5.75 Å². The number of phenols is 1. The first kappa shape index (κ1) is 21.2. The SMILES string of the molecule is CN(c1ccc(-c2ccc(-c3cnc(C#N)cn3)cc2O)nn1)[C@H]1CC2CCCC(N2)[C@H]1F. The molecule has 2 saturated heterocycles. The van der Waals surface area contributed by atoms with Crippen LogP contribution in [0.1, 0.15) is 31.4 Å². The van der Waals surface area contributed by atoms with E-state index in [1.807, 2.05) is 24.1 Å². The second kappa shape index (κ2) is 8.71. The van der Waals surface area contributed by atoms with Gasteiger partial charge in [-0.05, 0) is 43.5 Å². The Bertz CT molecular complexity index is 1180. The van der Waals surface area contributed by atoms with Crippen LogP contribution in [0.3, 0.4) is 0 Å². The molecule has 5 rings (SSSR count). The highest BCUT2D eigenvalue weighted by Crippen LogP contribution is 2.34. The van der Waals surface area contributed by atoms with Crippen LogP contribution < -0.4 is 10.2 Å². The molecule has 2 aliphatic rings. The van der Waals surface area contributed by atoms with Gasteiger partial charge >= 0.3 is 0 Å². The zero-order valence-electron chi connectivity index (χ0n) is 18.2. The minimum absolute atomic E-state index is 0.0315. The summed E-state index contributed by atoms with van der Waals surface area (Å²) in [6, 6.07) is 10.7. The predicted molar refractivity (Wildman–Crippen MR) is 121 cm³/mol. The topological polar surface area (TPSA) is 111 Å². The summed E-state index contributed by atoms with van der Waals surface area (Å²) in [5.41, 5.74) is 2.49. The molecule has 2 fully saturated rings. The number of fused-ring (bicyclic) bond motifs is 2. The number of anilines is 1. The molecule has 4 heterocycles. The molecule has 33 heavy (non-hydrogen) atoms. The average molecular weight is 446 g/mol. The van der Waals surface area contributed by atoms with Crippen LogP contribution in [-0.4, -0.2) is 56.6 Å². The van der Waals surface area contributed by atoms with Crippen molar-refractivity contribution >= 4 is 5.82 Å². The number of phenolic OH excluding ortho intramolecular Hbond substituents is 1. The Kier molecular flexibility index (Phi) is 5.60. The third-order valence-corrected chi connectivity index (χ3v) is 6.64. The number of nitriles is 1. The van der Waals surface area contributed by atoms with Gasteiger partial charge in [-0.15, -0.1) is 10.2 Å². The lowest BCUT2D eigenvalue weighted by Crippen LogP contribution is -2.61. The molecule has 0 saturated carbocycles. The molecule has 0 spiro atoms. The first-order valence-corrected chi connectivity index (χ1v) is 11.1. The number of alkyl halides is 1. The minimum atomic E-state index is -0.949. The van der Waals surface area contributed by atoms with E-state index in [0.717, 1.165) is 25.7 Å². The maximum Gasteiger partial charge on any atom is 0.158 e. The fourth-order valence-electron chi connectivity index (χ4n) is 4.82. The number of hydrogen-bond donors (Lipinski definition) is 2. The Morgan fingerprint density at radius 1 is 1.12 bits per heavy atom. The van der Waals surface area contributed by atoms with Gasteiger partial charge in [-0.1, -0.05) is 12.5 Å². The lowest BCUT2D eigenvalue weighted by molar-refractivity contribution is 0.107. The zero-order valence-corrected chi connectivity index (χ0v) is 18.2.